The third-order valence-electron chi connectivity index (χ3n) is 4.58. The predicted molar refractivity (Wildman–Crippen MR) is 110 cm³/mol. The minimum atomic E-state index is -0.206. The molecule has 0 atom stereocenters. The summed E-state index contributed by atoms with van der Waals surface area (Å²) in [5.74, 6) is -0.206. The lowest BCUT2D eigenvalue weighted by Crippen LogP contribution is -2.14. The zero-order valence-electron chi connectivity index (χ0n) is 16.0. The summed E-state index contributed by atoms with van der Waals surface area (Å²) >= 11 is 0. The first kappa shape index (κ1) is 17.9. The highest BCUT2D eigenvalue weighted by Gasteiger charge is 2.13. The molecular formula is C22H21N5O. The number of pyridine rings is 2. The van der Waals surface area contributed by atoms with Gasteiger partial charge in [-0.1, -0.05) is 30.3 Å². The standard InChI is InChI=1S/C22H21N5O/c1-14(2)27-21-17(12-24-27)11-18(13-23-21)26-22(28)19-9-10-20(25-15(19)3)16-7-5-4-6-8-16/h4-14H,1-3H3,(H,26,28). The highest BCUT2D eigenvalue weighted by molar-refractivity contribution is 6.05. The molecule has 4 aromatic rings. The van der Waals surface area contributed by atoms with E-state index in [0.29, 0.717) is 16.9 Å². The molecule has 1 amide bonds. The van der Waals surface area contributed by atoms with Gasteiger partial charge in [0.2, 0.25) is 0 Å². The Balaban J connectivity index is 1.57. The van der Waals surface area contributed by atoms with Crippen molar-refractivity contribution in [1.82, 2.24) is 19.7 Å². The fourth-order valence-corrected chi connectivity index (χ4v) is 3.16. The van der Waals surface area contributed by atoms with Crippen molar-refractivity contribution in [3.05, 3.63) is 72.2 Å². The lowest BCUT2D eigenvalue weighted by atomic mass is 10.1. The number of fused-ring (bicyclic) bond motifs is 1. The van der Waals surface area contributed by atoms with Crippen LogP contribution in [0.1, 0.15) is 35.9 Å². The van der Waals surface area contributed by atoms with Crippen molar-refractivity contribution >= 4 is 22.6 Å². The second kappa shape index (κ2) is 7.23. The van der Waals surface area contributed by atoms with Crippen molar-refractivity contribution in [3.8, 4) is 11.3 Å². The van der Waals surface area contributed by atoms with Crippen molar-refractivity contribution in [2.24, 2.45) is 0 Å². The smallest absolute Gasteiger partial charge is 0.257 e. The summed E-state index contributed by atoms with van der Waals surface area (Å²) in [6, 6.07) is 15.7. The molecule has 6 heteroatoms. The van der Waals surface area contributed by atoms with E-state index in [0.717, 1.165) is 22.3 Å². The van der Waals surface area contributed by atoms with Gasteiger partial charge >= 0.3 is 0 Å². The number of aryl methyl sites for hydroxylation is 1. The Morgan fingerprint density at radius 2 is 1.86 bits per heavy atom. The number of nitrogens with one attached hydrogen (secondary N) is 1. The molecule has 0 bridgehead atoms. The molecule has 0 saturated carbocycles. The molecule has 0 aliphatic carbocycles. The average Bonchev–Trinajstić information content (AvgIpc) is 3.12. The summed E-state index contributed by atoms with van der Waals surface area (Å²) in [5.41, 5.74) is 4.52. The molecule has 3 heterocycles. The lowest BCUT2D eigenvalue weighted by molar-refractivity contribution is 0.102. The number of carbonyl (C=O) groups is 1. The van der Waals surface area contributed by atoms with E-state index < -0.39 is 0 Å². The lowest BCUT2D eigenvalue weighted by Gasteiger charge is -2.10. The van der Waals surface area contributed by atoms with Gasteiger partial charge in [-0.25, -0.2) is 9.67 Å². The molecule has 0 aliphatic heterocycles. The van der Waals surface area contributed by atoms with Crippen LogP contribution >= 0.6 is 0 Å². The van der Waals surface area contributed by atoms with Crippen molar-refractivity contribution in [2.45, 2.75) is 26.8 Å². The van der Waals surface area contributed by atoms with E-state index in [1.165, 1.54) is 0 Å². The Kier molecular flexibility index (Phi) is 4.61. The van der Waals surface area contributed by atoms with E-state index >= 15 is 0 Å². The molecule has 0 radical (unpaired) electrons. The molecule has 4 rings (SSSR count). The summed E-state index contributed by atoms with van der Waals surface area (Å²) in [6.07, 6.45) is 3.42. The van der Waals surface area contributed by atoms with Crippen LogP contribution in [0.2, 0.25) is 0 Å². The van der Waals surface area contributed by atoms with Gasteiger partial charge in [0, 0.05) is 17.0 Å². The number of hydrogen-bond acceptors (Lipinski definition) is 4. The van der Waals surface area contributed by atoms with E-state index in [1.54, 1.807) is 12.4 Å². The molecule has 3 aromatic heterocycles. The van der Waals surface area contributed by atoms with Crippen LogP contribution in [-0.2, 0) is 0 Å². The second-order valence-electron chi connectivity index (χ2n) is 6.97. The van der Waals surface area contributed by atoms with Crippen molar-refractivity contribution in [3.63, 3.8) is 0 Å². The van der Waals surface area contributed by atoms with Gasteiger partial charge in [-0.15, -0.1) is 0 Å². The van der Waals surface area contributed by atoms with Gasteiger partial charge < -0.3 is 5.32 Å². The molecule has 0 aliphatic rings. The highest BCUT2D eigenvalue weighted by Crippen LogP contribution is 2.21. The van der Waals surface area contributed by atoms with E-state index in [9.17, 15) is 4.79 Å². The quantitative estimate of drug-likeness (QED) is 0.567. The van der Waals surface area contributed by atoms with E-state index in [4.69, 9.17) is 0 Å². The average molecular weight is 371 g/mol. The van der Waals surface area contributed by atoms with Crippen LogP contribution in [0.25, 0.3) is 22.3 Å². The Morgan fingerprint density at radius 3 is 2.57 bits per heavy atom. The fraction of sp³-hybridized carbons (Fsp3) is 0.182. The van der Waals surface area contributed by atoms with Gasteiger partial charge in [0.05, 0.1) is 35.0 Å². The summed E-state index contributed by atoms with van der Waals surface area (Å²) in [6.45, 7) is 5.95. The third-order valence-corrected chi connectivity index (χ3v) is 4.58. The molecule has 6 nitrogen and oxygen atoms in total. The highest BCUT2D eigenvalue weighted by atomic mass is 16.1. The first-order valence-electron chi connectivity index (χ1n) is 9.20. The topological polar surface area (TPSA) is 72.7 Å². The second-order valence-corrected chi connectivity index (χ2v) is 6.97. The van der Waals surface area contributed by atoms with Crippen LogP contribution in [0.15, 0.2) is 60.9 Å². The summed E-state index contributed by atoms with van der Waals surface area (Å²) < 4.78 is 1.86. The van der Waals surface area contributed by atoms with Crippen LogP contribution in [0.5, 0.6) is 0 Å². The number of benzene rings is 1. The number of rotatable bonds is 4. The van der Waals surface area contributed by atoms with Gasteiger partial charge in [0.15, 0.2) is 5.65 Å². The van der Waals surface area contributed by atoms with Crippen LogP contribution in [0, 0.1) is 6.92 Å². The Morgan fingerprint density at radius 1 is 1.07 bits per heavy atom. The minimum Gasteiger partial charge on any atom is -0.321 e. The van der Waals surface area contributed by atoms with Crippen molar-refractivity contribution in [2.75, 3.05) is 5.32 Å². The van der Waals surface area contributed by atoms with Gasteiger partial charge in [-0.3, -0.25) is 9.78 Å². The summed E-state index contributed by atoms with van der Waals surface area (Å²) in [5, 5.41) is 8.16. The molecule has 1 N–H and O–H groups in total. The van der Waals surface area contributed by atoms with Gasteiger partial charge in [-0.2, -0.15) is 5.10 Å². The number of anilines is 1. The predicted octanol–water partition coefficient (Wildman–Crippen LogP) is 4.63. The molecule has 28 heavy (non-hydrogen) atoms. The maximum absolute atomic E-state index is 12.7. The number of aromatic nitrogens is 4. The first-order valence-corrected chi connectivity index (χ1v) is 9.20. The zero-order chi connectivity index (χ0) is 19.7. The maximum atomic E-state index is 12.7. The molecular weight excluding hydrogens is 350 g/mol. The molecule has 1 aromatic carbocycles. The van der Waals surface area contributed by atoms with Crippen LogP contribution in [0.4, 0.5) is 5.69 Å². The van der Waals surface area contributed by atoms with Gasteiger partial charge in [-0.05, 0) is 39.0 Å². The number of carbonyl (C=O) groups excluding carboxylic acids is 1. The minimum absolute atomic E-state index is 0.206. The number of hydrogen-bond donors (Lipinski definition) is 1. The van der Waals surface area contributed by atoms with Crippen LogP contribution in [0.3, 0.4) is 0 Å². The maximum Gasteiger partial charge on any atom is 0.257 e. The number of amides is 1. The van der Waals surface area contributed by atoms with Crippen molar-refractivity contribution < 1.29 is 4.79 Å². The zero-order valence-corrected chi connectivity index (χ0v) is 16.0. The van der Waals surface area contributed by atoms with Gasteiger partial charge in [0.25, 0.3) is 5.91 Å². The molecule has 0 saturated heterocycles. The SMILES string of the molecule is Cc1nc(-c2ccccc2)ccc1C(=O)Nc1cnc2c(cnn2C(C)C)c1. The fourth-order valence-electron chi connectivity index (χ4n) is 3.16. The number of nitrogens with zero attached hydrogens (tertiary/aromatic N) is 4. The molecule has 0 unspecified atom stereocenters. The molecule has 0 fully saturated rings. The van der Waals surface area contributed by atoms with E-state index in [-0.39, 0.29) is 11.9 Å². The Hall–Kier alpha value is -3.54. The van der Waals surface area contributed by atoms with Crippen LogP contribution in [-0.4, -0.2) is 25.7 Å². The third kappa shape index (κ3) is 3.36. The Bertz CT molecular complexity index is 1150. The van der Waals surface area contributed by atoms with E-state index in [1.807, 2.05) is 60.1 Å². The van der Waals surface area contributed by atoms with Crippen molar-refractivity contribution in [1.29, 1.82) is 0 Å². The molecule has 140 valence electrons. The van der Waals surface area contributed by atoms with Crippen LogP contribution < -0.4 is 5.32 Å². The monoisotopic (exact) mass is 371 g/mol. The normalized spacial score (nSPS) is 11.1. The Labute approximate surface area is 163 Å². The summed E-state index contributed by atoms with van der Waals surface area (Å²) in [4.78, 5) is 21.8. The van der Waals surface area contributed by atoms with Gasteiger partial charge in [0.1, 0.15) is 0 Å². The van der Waals surface area contributed by atoms with E-state index in [2.05, 4.69) is 34.2 Å². The first-order chi connectivity index (χ1) is 13.5. The summed E-state index contributed by atoms with van der Waals surface area (Å²) in [7, 11) is 0. The largest absolute Gasteiger partial charge is 0.321 e. The molecule has 0 spiro atoms.